The van der Waals surface area contributed by atoms with Crippen molar-refractivity contribution in [2.24, 2.45) is 0 Å². The minimum absolute atomic E-state index is 0.985. The SMILES string of the molecule is C=CC[NH+]1Cc2ccc3ccccc3c2-c2c(ccc3ccccc23)C1. The second-order valence-electron chi connectivity index (χ2n) is 7.24. The molecule has 26 heavy (non-hydrogen) atoms. The lowest BCUT2D eigenvalue weighted by Gasteiger charge is -2.16. The van der Waals surface area contributed by atoms with Gasteiger partial charge in [-0.2, -0.15) is 0 Å². The lowest BCUT2D eigenvalue weighted by molar-refractivity contribution is -0.921. The lowest BCUT2D eigenvalue weighted by atomic mass is 9.88. The van der Waals surface area contributed by atoms with E-state index in [0.717, 1.165) is 19.6 Å². The number of nitrogens with one attached hydrogen (secondary N) is 1. The second-order valence-corrected chi connectivity index (χ2v) is 7.24. The van der Waals surface area contributed by atoms with E-state index in [4.69, 9.17) is 0 Å². The summed E-state index contributed by atoms with van der Waals surface area (Å²) >= 11 is 0. The van der Waals surface area contributed by atoms with E-state index >= 15 is 0 Å². The molecular formula is C25H22N+. The maximum absolute atomic E-state index is 3.98. The molecule has 1 N–H and O–H groups in total. The van der Waals surface area contributed by atoms with Gasteiger partial charge in [-0.1, -0.05) is 79.4 Å². The van der Waals surface area contributed by atoms with Crippen molar-refractivity contribution in [1.29, 1.82) is 0 Å². The van der Waals surface area contributed by atoms with Crippen LogP contribution in [0.2, 0.25) is 0 Å². The number of rotatable bonds is 2. The molecule has 1 heteroatoms. The summed E-state index contributed by atoms with van der Waals surface area (Å²) < 4.78 is 0. The fourth-order valence-corrected chi connectivity index (χ4v) is 4.47. The largest absolute Gasteiger partial charge is 0.324 e. The highest BCUT2D eigenvalue weighted by atomic mass is 15.1. The summed E-state index contributed by atoms with van der Waals surface area (Å²) in [5, 5.41) is 5.36. The van der Waals surface area contributed by atoms with E-state index in [-0.39, 0.29) is 0 Å². The number of hydrogen-bond donors (Lipinski definition) is 1. The quantitative estimate of drug-likeness (QED) is 0.504. The average molecular weight is 336 g/mol. The Bertz CT molecular complexity index is 1050. The summed E-state index contributed by atoms with van der Waals surface area (Å²) in [7, 11) is 0. The fraction of sp³-hybridized carbons (Fsp3) is 0.120. The average Bonchev–Trinajstić information content (AvgIpc) is 2.84. The summed E-state index contributed by atoms with van der Waals surface area (Å²) in [4.78, 5) is 1.55. The Morgan fingerprint density at radius 1 is 0.692 bits per heavy atom. The molecule has 0 aromatic heterocycles. The van der Waals surface area contributed by atoms with Crippen LogP contribution in [-0.4, -0.2) is 6.54 Å². The van der Waals surface area contributed by atoms with Gasteiger partial charge in [0.05, 0.1) is 6.54 Å². The van der Waals surface area contributed by atoms with Gasteiger partial charge < -0.3 is 4.90 Å². The Balaban J connectivity index is 1.92. The van der Waals surface area contributed by atoms with Crippen LogP contribution in [0.1, 0.15) is 11.1 Å². The molecule has 4 aromatic carbocycles. The number of benzene rings is 4. The maximum Gasteiger partial charge on any atom is 0.104 e. The molecule has 4 aromatic rings. The summed E-state index contributed by atoms with van der Waals surface area (Å²) in [5.74, 6) is 0. The van der Waals surface area contributed by atoms with Crippen LogP contribution >= 0.6 is 0 Å². The van der Waals surface area contributed by atoms with Gasteiger partial charge in [0, 0.05) is 11.1 Å². The van der Waals surface area contributed by atoms with Crippen molar-refractivity contribution in [3.63, 3.8) is 0 Å². The topological polar surface area (TPSA) is 4.44 Å². The van der Waals surface area contributed by atoms with Crippen molar-refractivity contribution in [3.8, 4) is 11.1 Å². The molecule has 0 bridgehead atoms. The summed E-state index contributed by atoms with van der Waals surface area (Å²) in [6.07, 6.45) is 2.04. The summed E-state index contributed by atoms with van der Waals surface area (Å²) in [6, 6.07) is 26.8. The minimum Gasteiger partial charge on any atom is -0.324 e. The first-order valence-corrected chi connectivity index (χ1v) is 9.31. The molecule has 0 fully saturated rings. The first kappa shape index (κ1) is 15.4. The molecule has 0 spiro atoms. The smallest absolute Gasteiger partial charge is 0.104 e. The Labute approximate surface area is 154 Å². The Kier molecular flexibility index (Phi) is 3.62. The molecule has 0 saturated heterocycles. The summed E-state index contributed by atoms with van der Waals surface area (Å²) in [5.41, 5.74) is 5.73. The third-order valence-electron chi connectivity index (χ3n) is 5.59. The van der Waals surface area contributed by atoms with Gasteiger partial charge in [0.25, 0.3) is 0 Å². The number of fused-ring (bicyclic) bond motifs is 7. The fourth-order valence-electron chi connectivity index (χ4n) is 4.47. The molecule has 1 heterocycles. The predicted molar refractivity (Wildman–Crippen MR) is 110 cm³/mol. The van der Waals surface area contributed by atoms with E-state index in [2.05, 4.69) is 79.4 Å². The molecular weight excluding hydrogens is 314 g/mol. The molecule has 0 radical (unpaired) electrons. The van der Waals surface area contributed by atoms with Crippen molar-refractivity contribution < 1.29 is 4.90 Å². The first-order chi connectivity index (χ1) is 12.8. The van der Waals surface area contributed by atoms with E-state index in [1.54, 1.807) is 4.90 Å². The highest BCUT2D eigenvalue weighted by molar-refractivity contribution is 6.07. The highest BCUT2D eigenvalue weighted by Crippen LogP contribution is 2.39. The molecule has 5 rings (SSSR count). The van der Waals surface area contributed by atoms with Gasteiger partial charge in [0.15, 0.2) is 0 Å². The van der Waals surface area contributed by atoms with Crippen LogP contribution in [0.4, 0.5) is 0 Å². The molecule has 1 aliphatic heterocycles. The van der Waals surface area contributed by atoms with Crippen LogP contribution in [0.15, 0.2) is 85.5 Å². The molecule has 0 atom stereocenters. The zero-order valence-electron chi connectivity index (χ0n) is 14.8. The van der Waals surface area contributed by atoms with Gasteiger partial charge >= 0.3 is 0 Å². The van der Waals surface area contributed by atoms with E-state index in [1.807, 2.05) is 6.08 Å². The van der Waals surface area contributed by atoms with Gasteiger partial charge in [0.2, 0.25) is 0 Å². The third-order valence-corrected chi connectivity index (χ3v) is 5.59. The third kappa shape index (κ3) is 2.36. The van der Waals surface area contributed by atoms with Crippen molar-refractivity contribution >= 4 is 21.5 Å². The maximum atomic E-state index is 3.98. The zero-order chi connectivity index (χ0) is 17.5. The van der Waals surface area contributed by atoms with E-state index in [9.17, 15) is 0 Å². The van der Waals surface area contributed by atoms with Gasteiger partial charge in [-0.15, -0.1) is 0 Å². The normalized spacial score (nSPS) is 14.0. The monoisotopic (exact) mass is 336 g/mol. The van der Waals surface area contributed by atoms with Crippen LogP contribution < -0.4 is 4.90 Å². The van der Waals surface area contributed by atoms with Crippen LogP contribution in [0.5, 0.6) is 0 Å². The standard InChI is InChI=1S/C25H21N/c1-2-15-26-16-20-13-11-18-7-3-5-9-22(18)24(20)25-21(17-26)14-12-19-8-4-6-10-23(19)25/h2-14H,1,15-17H2/p+1. The molecule has 126 valence electrons. The molecule has 1 aliphatic rings. The molecule has 1 nitrogen and oxygen atoms in total. The van der Waals surface area contributed by atoms with Crippen molar-refractivity contribution in [2.45, 2.75) is 13.1 Å². The van der Waals surface area contributed by atoms with E-state index in [0.29, 0.717) is 0 Å². The van der Waals surface area contributed by atoms with Crippen LogP contribution in [0.25, 0.3) is 32.7 Å². The van der Waals surface area contributed by atoms with Crippen molar-refractivity contribution in [3.05, 3.63) is 96.6 Å². The predicted octanol–water partition coefficient (Wildman–Crippen LogP) is 4.74. The van der Waals surface area contributed by atoms with Gasteiger partial charge in [0.1, 0.15) is 13.1 Å². The van der Waals surface area contributed by atoms with Crippen LogP contribution in [0, 0.1) is 0 Å². The minimum atomic E-state index is 0.985. The number of hydrogen-bond acceptors (Lipinski definition) is 0. The Morgan fingerprint density at radius 3 is 1.69 bits per heavy atom. The zero-order valence-corrected chi connectivity index (χ0v) is 14.8. The van der Waals surface area contributed by atoms with E-state index < -0.39 is 0 Å². The molecule has 0 saturated carbocycles. The number of quaternary nitrogens is 1. The Morgan fingerprint density at radius 2 is 1.19 bits per heavy atom. The second kappa shape index (κ2) is 6.12. The lowest BCUT2D eigenvalue weighted by Crippen LogP contribution is -3.09. The van der Waals surface area contributed by atoms with Crippen LogP contribution in [0.3, 0.4) is 0 Å². The molecule has 0 unspecified atom stereocenters. The first-order valence-electron chi connectivity index (χ1n) is 9.31. The van der Waals surface area contributed by atoms with Gasteiger partial charge in [-0.25, -0.2) is 0 Å². The van der Waals surface area contributed by atoms with Crippen molar-refractivity contribution in [1.82, 2.24) is 0 Å². The Hall–Kier alpha value is -2.90. The molecule has 0 amide bonds. The van der Waals surface area contributed by atoms with Gasteiger partial charge in [-0.05, 0) is 38.7 Å². The van der Waals surface area contributed by atoms with E-state index in [1.165, 1.54) is 43.8 Å². The van der Waals surface area contributed by atoms with Crippen molar-refractivity contribution in [2.75, 3.05) is 6.54 Å². The molecule has 0 aliphatic carbocycles. The van der Waals surface area contributed by atoms with Crippen LogP contribution in [-0.2, 0) is 13.1 Å². The van der Waals surface area contributed by atoms with Gasteiger partial charge in [-0.3, -0.25) is 0 Å². The highest BCUT2D eigenvalue weighted by Gasteiger charge is 2.24. The summed E-state index contributed by atoms with van der Waals surface area (Å²) in [6.45, 7) is 7.03.